The smallest absolute Gasteiger partial charge is 0.269 e. The molecule has 3 N–H and O–H groups in total. The summed E-state index contributed by atoms with van der Waals surface area (Å²) in [6, 6.07) is 7.63. The summed E-state index contributed by atoms with van der Waals surface area (Å²) in [5.41, 5.74) is 10.0. The van der Waals surface area contributed by atoms with Gasteiger partial charge in [-0.25, -0.2) is 9.97 Å². The third-order valence-electron chi connectivity index (χ3n) is 4.34. The molecule has 0 saturated heterocycles. The molecule has 1 aliphatic rings. The largest absolute Gasteiger partial charge is 0.397 e. The van der Waals surface area contributed by atoms with Crippen molar-refractivity contribution < 1.29 is 4.79 Å². The fourth-order valence-corrected chi connectivity index (χ4v) is 4.11. The molecule has 0 atom stereocenters. The van der Waals surface area contributed by atoms with Gasteiger partial charge in [-0.3, -0.25) is 4.79 Å². The third kappa shape index (κ3) is 2.63. The number of amides is 1. The van der Waals surface area contributed by atoms with Gasteiger partial charge in [0.05, 0.1) is 5.69 Å². The van der Waals surface area contributed by atoms with Crippen LogP contribution in [0.15, 0.2) is 24.3 Å². The predicted octanol–water partition coefficient (Wildman–Crippen LogP) is 3.71. The number of hydrogen-bond acceptors (Lipinski definition) is 5. The lowest BCUT2D eigenvalue weighted by molar-refractivity contribution is 0.103. The van der Waals surface area contributed by atoms with E-state index in [4.69, 9.17) is 10.7 Å². The molecule has 4 rings (SSSR count). The second kappa shape index (κ2) is 5.87. The Bertz CT molecular complexity index is 948. The minimum absolute atomic E-state index is 0.230. The fourth-order valence-electron chi connectivity index (χ4n) is 3.11. The Hall–Kier alpha value is -2.47. The van der Waals surface area contributed by atoms with E-state index in [1.165, 1.54) is 29.7 Å². The number of pyridine rings is 2. The van der Waals surface area contributed by atoms with Gasteiger partial charge < -0.3 is 11.1 Å². The first kappa shape index (κ1) is 15.1. The molecular weight excluding hydrogens is 320 g/mol. The number of nitrogen functional groups attached to an aromatic ring is 1. The molecule has 0 aromatic carbocycles. The molecule has 5 nitrogen and oxygen atoms in total. The Labute approximate surface area is 143 Å². The summed E-state index contributed by atoms with van der Waals surface area (Å²) in [6.45, 7) is 1.89. The maximum Gasteiger partial charge on any atom is 0.269 e. The summed E-state index contributed by atoms with van der Waals surface area (Å²) >= 11 is 1.35. The number of thiophene rings is 1. The monoisotopic (exact) mass is 338 g/mol. The summed E-state index contributed by atoms with van der Waals surface area (Å²) in [5, 5.41) is 3.71. The van der Waals surface area contributed by atoms with Crippen LogP contribution in [0.4, 0.5) is 11.5 Å². The van der Waals surface area contributed by atoms with Crippen molar-refractivity contribution in [2.45, 2.75) is 32.6 Å². The number of nitrogens with two attached hydrogens (primary N) is 1. The zero-order chi connectivity index (χ0) is 16.7. The normalized spacial score (nSPS) is 13.7. The molecule has 0 bridgehead atoms. The van der Waals surface area contributed by atoms with Crippen LogP contribution in [0.3, 0.4) is 0 Å². The topological polar surface area (TPSA) is 80.9 Å². The lowest BCUT2D eigenvalue weighted by Crippen LogP contribution is -2.13. The zero-order valence-corrected chi connectivity index (χ0v) is 14.2. The lowest BCUT2D eigenvalue weighted by atomic mass is 9.95. The number of carbonyl (C=O) groups excluding carboxylic acids is 1. The molecule has 6 heteroatoms. The van der Waals surface area contributed by atoms with Gasteiger partial charge in [-0.15, -0.1) is 11.3 Å². The third-order valence-corrected chi connectivity index (χ3v) is 5.45. The van der Waals surface area contributed by atoms with E-state index >= 15 is 0 Å². The van der Waals surface area contributed by atoms with E-state index in [0.717, 1.165) is 34.4 Å². The van der Waals surface area contributed by atoms with Gasteiger partial charge in [0.15, 0.2) is 0 Å². The molecule has 122 valence electrons. The first-order valence-electron chi connectivity index (χ1n) is 8.07. The van der Waals surface area contributed by atoms with Crippen molar-refractivity contribution in [2.24, 2.45) is 0 Å². The van der Waals surface area contributed by atoms with Gasteiger partial charge in [0.2, 0.25) is 0 Å². The quantitative estimate of drug-likeness (QED) is 0.746. The van der Waals surface area contributed by atoms with E-state index in [-0.39, 0.29) is 5.91 Å². The van der Waals surface area contributed by atoms with Crippen molar-refractivity contribution in [2.75, 3.05) is 11.1 Å². The zero-order valence-electron chi connectivity index (χ0n) is 13.4. The summed E-state index contributed by atoms with van der Waals surface area (Å²) in [6.07, 6.45) is 4.43. The number of fused-ring (bicyclic) bond motifs is 2. The summed E-state index contributed by atoms with van der Waals surface area (Å²) in [5.74, 6) is 0.302. The number of rotatable bonds is 2. The maximum atomic E-state index is 12.6. The standard InChI is InChI=1S/C18H18N4OS/c1-10-5-4-8-14(20-10)22-17(23)16-15(19)12-9-11-6-2-3-7-13(11)21-18(12)24-16/h4-5,8-9H,2-3,6-7,19H2,1H3,(H,20,22,23). The highest BCUT2D eigenvalue weighted by Gasteiger charge is 2.20. The number of carbonyl (C=O) groups is 1. The number of aryl methyl sites for hydroxylation is 3. The fraction of sp³-hybridized carbons (Fsp3) is 0.278. The highest BCUT2D eigenvalue weighted by molar-refractivity contribution is 7.21. The van der Waals surface area contributed by atoms with Crippen LogP contribution in [0, 0.1) is 6.92 Å². The lowest BCUT2D eigenvalue weighted by Gasteiger charge is -2.14. The van der Waals surface area contributed by atoms with Crippen LogP contribution in [-0.4, -0.2) is 15.9 Å². The molecule has 0 fully saturated rings. The van der Waals surface area contributed by atoms with E-state index in [1.807, 2.05) is 19.1 Å². The predicted molar refractivity (Wildman–Crippen MR) is 97.6 cm³/mol. The van der Waals surface area contributed by atoms with Gasteiger partial charge in [0, 0.05) is 16.8 Å². The molecule has 0 unspecified atom stereocenters. The van der Waals surface area contributed by atoms with Gasteiger partial charge >= 0.3 is 0 Å². The molecule has 3 aromatic rings. The highest BCUT2D eigenvalue weighted by atomic mass is 32.1. The van der Waals surface area contributed by atoms with Crippen molar-refractivity contribution in [1.82, 2.24) is 9.97 Å². The van der Waals surface area contributed by atoms with Crippen molar-refractivity contribution in [1.29, 1.82) is 0 Å². The van der Waals surface area contributed by atoms with Crippen LogP contribution in [0.25, 0.3) is 10.2 Å². The van der Waals surface area contributed by atoms with Crippen molar-refractivity contribution in [3.05, 3.63) is 46.1 Å². The van der Waals surface area contributed by atoms with Crippen LogP contribution in [0.5, 0.6) is 0 Å². The van der Waals surface area contributed by atoms with Crippen molar-refractivity contribution >= 4 is 39.0 Å². The number of anilines is 2. The second-order valence-electron chi connectivity index (χ2n) is 6.12. The average molecular weight is 338 g/mol. The molecule has 3 heterocycles. The average Bonchev–Trinajstić information content (AvgIpc) is 2.89. The van der Waals surface area contributed by atoms with E-state index in [9.17, 15) is 4.79 Å². The summed E-state index contributed by atoms with van der Waals surface area (Å²) in [7, 11) is 0. The maximum absolute atomic E-state index is 12.6. The summed E-state index contributed by atoms with van der Waals surface area (Å²) in [4.78, 5) is 23.0. The van der Waals surface area contributed by atoms with Crippen molar-refractivity contribution in [3.63, 3.8) is 0 Å². The highest BCUT2D eigenvalue weighted by Crippen LogP contribution is 2.35. The van der Waals surface area contributed by atoms with E-state index in [0.29, 0.717) is 16.4 Å². The minimum Gasteiger partial charge on any atom is -0.397 e. The first-order valence-corrected chi connectivity index (χ1v) is 8.89. The van der Waals surface area contributed by atoms with E-state index < -0.39 is 0 Å². The van der Waals surface area contributed by atoms with Gasteiger partial charge in [0.25, 0.3) is 5.91 Å². The number of nitrogens with zero attached hydrogens (tertiary/aromatic N) is 2. The van der Waals surface area contributed by atoms with Gasteiger partial charge in [-0.2, -0.15) is 0 Å². The second-order valence-corrected chi connectivity index (χ2v) is 7.12. The Morgan fingerprint density at radius 1 is 1.25 bits per heavy atom. The van der Waals surface area contributed by atoms with Gasteiger partial charge in [-0.05, 0) is 56.4 Å². The number of hydrogen-bond donors (Lipinski definition) is 2. The van der Waals surface area contributed by atoms with Crippen LogP contribution < -0.4 is 11.1 Å². The molecule has 3 aromatic heterocycles. The van der Waals surface area contributed by atoms with Crippen LogP contribution in [0.2, 0.25) is 0 Å². The van der Waals surface area contributed by atoms with E-state index in [2.05, 4.69) is 16.4 Å². The Morgan fingerprint density at radius 2 is 2.08 bits per heavy atom. The molecule has 0 saturated carbocycles. The molecule has 0 aliphatic heterocycles. The van der Waals surface area contributed by atoms with Gasteiger partial charge in [0.1, 0.15) is 15.5 Å². The molecular formula is C18H18N4OS. The molecule has 24 heavy (non-hydrogen) atoms. The van der Waals surface area contributed by atoms with Crippen LogP contribution in [0.1, 0.15) is 39.5 Å². The molecule has 0 spiro atoms. The van der Waals surface area contributed by atoms with Crippen molar-refractivity contribution in [3.8, 4) is 0 Å². The minimum atomic E-state index is -0.230. The van der Waals surface area contributed by atoms with Gasteiger partial charge in [-0.1, -0.05) is 6.07 Å². The Balaban J connectivity index is 1.71. The van der Waals surface area contributed by atoms with E-state index in [1.54, 1.807) is 6.07 Å². The number of nitrogens with one attached hydrogen (secondary N) is 1. The molecule has 0 radical (unpaired) electrons. The van der Waals surface area contributed by atoms with Crippen LogP contribution in [-0.2, 0) is 12.8 Å². The Kier molecular flexibility index (Phi) is 3.69. The molecule has 1 aliphatic carbocycles. The first-order chi connectivity index (χ1) is 11.6. The Morgan fingerprint density at radius 3 is 2.92 bits per heavy atom. The molecule has 1 amide bonds. The SMILES string of the molecule is Cc1cccc(NC(=O)c2sc3nc4c(cc3c2N)CCCC4)n1. The van der Waals surface area contributed by atoms with Crippen LogP contribution >= 0.6 is 11.3 Å². The number of aromatic nitrogens is 2. The summed E-state index contributed by atoms with van der Waals surface area (Å²) < 4.78 is 0.